The first-order chi connectivity index (χ1) is 12.0. The van der Waals surface area contributed by atoms with E-state index in [9.17, 15) is 14.0 Å². The van der Waals surface area contributed by atoms with Crippen molar-refractivity contribution in [1.29, 1.82) is 0 Å². The number of ether oxygens (including phenoxy) is 2. The predicted octanol–water partition coefficient (Wildman–Crippen LogP) is 1.82. The Morgan fingerprint density at radius 2 is 2.04 bits per heavy atom. The lowest BCUT2D eigenvalue weighted by Crippen LogP contribution is -2.44. The third kappa shape index (κ3) is 5.66. The molecule has 0 N–H and O–H groups in total. The van der Waals surface area contributed by atoms with Gasteiger partial charge in [-0.3, -0.25) is 14.5 Å². The molecule has 0 bridgehead atoms. The van der Waals surface area contributed by atoms with Crippen LogP contribution in [0.5, 0.6) is 0 Å². The van der Waals surface area contributed by atoms with E-state index in [0.29, 0.717) is 26.3 Å². The second-order valence-corrected chi connectivity index (χ2v) is 6.08. The molecule has 1 heterocycles. The van der Waals surface area contributed by atoms with Gasteiger partial charge in [-0.05, 0) is 12.1 Å². The summed E-state index contributed by atoms with van der Waals surface area (Å²) in [7, 11) is 1.29. The topological polar surface area (TPSA) is 59.1 Å². The van der Waals surface area contributed by atoms with Crippen molar-refractivity contribution in [2.24, 2.45) is 0 Å². The normalized spacial score (nSPS) is 15.0. The summed E-state index contributed by atoms with van der Waals surface area (Å²) in [5.41, 5.74) is -0.170. The Balaban J connectivity index is 2.08. The van der Waals surface area contributed by atoms with E-state index in [0.717, 1.165) is 13.1 Å². The van der Waals surface area contributed by atoms with Crippen LogP contribution in [0.3, 0.4) is 0 Å². The molecule has 0 unspecified atom stereocenters. The van der Waals surface area contributed by atoms with Crippen LogP contribution < -0.4 is 0 Å². The molecule has 1 aliphatic rings. The lowest BCUT2D eigenvalue weighted by molar-refractivity contribution is -0.140. The Labute approximate surface area is 151 Å². The first-order valence-corrected chi connectivity index (χ1v) is 8.51. The summed E-state index contributed by atoms with van der Waals surface area (Å²) >= 11 is 6.00. The number of morpholine rings is 1. The van der Waals surface area contributed by atoms with Gasteiger partial charge in [0.2, 0.25) is 0 Å². The van der Waals surface area contributed by atoms with E-state index < -0.39 is 17.7 Å². The number of hydrogen-bond acceptors (Lipinski definition) is 5. The molecular weight excluding hydrogens is 351 g/mol. The molecule has 0 aliphatic carbocycles. The van der Waals surface area contributed by atoms with Crippen LogP contribution in [0.4, 0.5) is 4.39 Å². The summed E-state index contributed by atoms with van der Waals surface area (Å²) in [6.07, 6.45) is 0.0391. The SMILES string of the molecule is COC(=O)CCN(CCN1CCOCC1)C(=O)c1c(F)cccc1Cl. The summed E-state index contributed by atoms with van der Waals surface area (Å²) in [6, 6.07) is 4.11. The van der Waals surface area contributed by atoms with Crippen molar-refractivity contribution >= 4 is 23.5 Å². The third-order valence-electron chi connectivity index (χ3n) is 4.07. The number of benzene rings is 1. The molecule has 8 heteroatoms. The minimum Gasteiger partial charge on any atom is -0.469 e. The smallest absolute Gasteiger partial charge is 0.307 e. The fourth-order valence-electron chi connectivity index (χ4n) is 2.59. The van der Waals surface area contributed by atoms with Gasteiger partial charge in [0, 0.05) is 32.7 Å². The number of esters is 1. The molecule has 138 valence electrons. The zero-order valence-electron chi connectivity index (χ0n) is 14.2. The largest absolute Gasteiger partial charge is 0.469 e. The van der Waals surface area contributed by atoms with Crippen molar-refractivity contribution in [3.05, 3.63) is 34.6 Å². The minimum absolute atomic E-state index is 0.0391. The van der Waals surface area contributed by atoms with Gasteiger partial charge in [0.1, 0.15) is 5.82 Å². The van der Waals surface area contributed by atoms with Crippen LogP contribution in [-0.2, 0) is 14.3 Å². The molecule has 1 fully saturated rings. The summed E-state index contributed by atoms with van der Waals surface area (Å²) < 4.78 is 24.0. The molecule has 1 amide bonds. The van der Waals surface area contributed by atoms with E-state index in [-0.39, 0.29) is 23.6 Å². The van der Waals surface area contributed by atoms with Gasteiger partial charge in [0.25, 0.3) is 5.91 Å². The number of methoxy groups -OCH3 is 1. The molecule has 2 rings (SSSR count). The van der Waals surface area contributed by atoms with E-state index in [1.54, 1.807) is 0 Å². The second kappa shape index (κ2) is 9.70. The Morgan fingerprint density at radius 1 is 1.32 bits per heavy atom. The fraction of sp³-hybridized carbons (Fsp3) is 0.529. The molecule has 1 aromatic rings. The molecule has 1 aromatic carbocycles. The van der Waals surface area contributed by atoms with Gasteiger partial charge in [-0.25, -0.2) is 4.39 Å². The number of hydrogen-bond donors (Lipinski definition) is 0. The van der Waals surface area contributed by atoms with Gasteiger partial charge in [0.05, 0.1) is 37.3 Å². The van der Waals surface area contributed by atoms with Crippen LogP contribution in [-0.4, -0.2) is 74.7 Å². The molecule has 0 spiro atoms. The maximum atomic E-state index is 14.1. The molecule has 6 nitrogen and oxygen atoms in total. The summed E-state index contributed by atoms with van der Waals surface area (Å²) in [4.78, 5) is 27.8. The van der Waals surface area contributed by atoms with Gasteiger partial charge in [-0.1, -0.05) is 17.7 Å². The lowest BCUT2D eigenvalue weighted by Gasteiger charge is -2.30. The molecule has 0 radical (unpaired) electrons. The number of nitrogens with zero attached hydrogens (tertiary/aromatic N) is 2. The highest BCUT2D eigenvalue weighted by molar-refractivity contribution is 6.33. The van der Waals surface area contributed by atoms with Crippen molar-refractivity contribution in [3.8, 4) is 0 Å². The van der Waals surface area contributed by atoms with Gasteiger partial charge in [0.15, 0.2) is 0 Å². The zero-order valence-corrected chi connectivity index (χ0v) is 14.9. The van der Waals surface area contributed by atoms with E-state index in [4.69, 9.17) is 16.3 Å². The predicted molar refractivity (Wildman–Crippen MR) is 91.2 cm³/mol. The average molecular weight is 373 g/mol. The van der Waals surface area contributed by atoms with Gasteiger partial charge in [-0.2, -0.15) is 0 Å². The van der Waals surface area contributed by atoms with Crippen LogP contribution in [0.2, 0.25) is 5.02 Å². The molecule has 0 atom stereocenters. The molecule has 25 heavy (non-hydrogen) atoms. The van der Waals surface area contributed by atoms with Crippen molar-refractivity contribution in [1.82, 2.24) is 9.80 Å². The van der Waals surface area contributed by atoms with Crippen molar-refractivity contribution in [2.45, 2.75) is 6.42 Å². The number of halogens is 2. The minimum atomic E-state index is -0.674. The highest BCUT2D eigenvalue weighted by Crippen LogP contribution is 2.21. The lowest BCUT2D eigenvalue weighted by atomic mass is 10.1. The zero-order chi connectivity index (χ0) is 18.2. The van der Waals surface area contributed by atoms with Crippen LogP contribution in [0, 0.1) is 5.82 Å². The molecule has 0 aromatic heterocycles. The second-order valence-electron chi connectivity index (χ2n) is 5.67. The Kier molecular flexibility index (Phi) is 7.61. The van der Waals surface area contributed by atoms with Crippen LogP contribution in [0.15, 0.2) is 18.2 Å². The number of amides is 1. The van der Waals surface area contributed by atoms with E-state index in [1.807, 2.05) is 0 Å². The first kappa shape index (κ1) is 19.6. The maximum absolute atomic E-state index is 14.1. The molecular formula is C17H22ClFN2O4. The van der Waals surface area contributed by atoms with Crippen LogP contribution in [0.25, 0.3) is 0 Å². The quantitative estimate of drug-likeness (QED) is 0.683. The third-order valence-corrected chi connectivity index (χ3v) is 4.38. The molecule has 1 aliphatic heterocycles. The summed E-state index contributed by atoms with van der Waals surface area (Å²) in [6.45, 7) is 3.97. The molecule has 0 saturated carbocycles. The molecule has 1 saturated heterocycles. The highest BCUT2D eigenvalue weighted by atomic mass is 35.5. The average Bonchev–Trinajstić information content (AvgIpc) is 2.62. The van der Waals surface area contributed by atoms with Gasteiger partial charge in [-0.15, -0.1) is 0 Å². The van der Waals surface area contributed by atoms with Gasteiger partial charge < -0.3 is 14.4 Å². The fourth-order valence-corrected chi connectivity index (χ4v) is 2.83. The first-order valence-electron chi connectivity index (χ1n) is 8.13. The van der Waals surface area contributed by atoms with Crippen LogP contribution >= 0.6 is 11.6 Å². The monoisotopic (exact) mass is 372 g/mol. The maximum Gasteiger partial charge on any atom is 0.307 e. The Bertz CT molecular complexity index is 588. The summed E-state index contributed by atoms with van der Waals surface area (Å²) in [5.74, 6) is -1.63. The van der Waals surface area contributed by atoms with Crippen LogP contribution in [0.1, 0.15) is 16.8 Å². The number of carbonyl (C=O) groups excluding carboxylic acids is 2. The Hall–Kier alpha value is -1.70. The Morgan fingerprint density at radius 3 is 2.68 bits per heavy atom. The van der Waals surface area contributed by atoms with E-state index in [1.165, 1.54) is 30.2 Å². The highest BCUT2D eigenvalue weighted by Gasteiger charge is 2.23. The van der Waals surface area contributed by atoms with Crippen molar-refractivity contribution in [2.75, 3.05) is 53.0 Å². The van der Waals surface area contributed by atoms with Crippen molar-refractivity contribution in [3.63, 3.8) is 0 Å². The van der Waals surface area contributed by atoms with Gasteiger partial charge >= 0.3 is 5.97 Å². The van der Waals surface area contributed by atoms with E-state index >= 15 is 0 Å². The van der Waals surface area contributed by atoms with Crippen molar-refractivity contribution < 1.29 is 23.5 Å². The number of rotatable bonds is 7. The summed E-state index contributed by atoms with van der Waals surface area (Å²) in [5, 5.41) is 0.0550. The standard InChI is InChI=1S/C17H22ClFN2O4/c1-24-15(22)5-6-21(8-7-20-9-11-25-12-10-20)17(23)16-13(18)3-2-4-14(16)19/h2-4H,5-12H2,1H3. The van der Waals surface area contributed by atoms with E-state index in [2.05, 4.69) is 9.64 Å². The number of carbonyl (C=O) groups is 2.